The Morgan fingerprint density at radius 1 is 1.43 bits per heavy atom. The number of esters is 1. The highest BCUT2D eigenvalue weighted by Crippen LogP contribution is 2.30. The Morgan fingerprint density at radius 3 is 2.87 bits per heavy atom. The van der Waals surface area contributed by atoms with Gasteiger partial charge in [-0.3, -0.25) is 4.79 Å². The maximum absolute atomic E-state index is 12.6. The monoisotopic (exact) mass is 353 g/mol. The third kappa shape index (κ3) is 5.29. The average molecular weight is 354 g/mol. The number of alkyl halides is 1. The molecule has 124 valence electrons. The minimum absolute atomic E-state index is 0.0930. The highest BCUT2D eigenvalue weighted by Gasteiger charge is 2.31. The van der Waals surface area contributed by atoms with E-state index in [2.05, 4.69) is 0 Å². The van der Waals surface area contributed by atoms with E-state index in [1.807, 2.05) is 30.3 Å². The van der Waals surface area contributed by atoms with Crippen LogP contribution in [-0.2, 0) is 14.3 Å². The zero-order valence-corrected chi connectivity index (χ0v) is 14.6. The predicted octanol–water partition coefficient (Wildman–Crippen LogP) is 3.45. The number of likely N-dealkylation sites (tertiary alicyclic amines) is 1. The Balaban J connectivity index is 1.95. The molecule has 0 saturated carbocycles. The number of hydrogen-bond acceptors (Lipinski definition) is 4. The van der Waals surface area contributed by atoms with E-state index in [0.717, 1.165) is 17.7 Å². The summed E-state index contributed by atoms with van der Waals surface area (Å²) in [5, 5.41) is 0. The standard InChI is InChI=1S/C17H20ClNO3S/c1-2-22-15(20)11-10-13-7-6-12-19(13)17(21)16(18)23-14-8-4-3-5-9-14/h3-5,8-11,13,16H,2,6-7,12H2,1H3/b11-10+/t13-,16?/m0/s1. The Kier molecular flexibility index (Phi) is 6.99. The van der Waals surface area contributed by atoms with Crippen LogP contribution in [0.2, 0.25) is 0 Å². The van der Waals surface area contributed by atoms with E-state index in [0.29, 0.717) is 13.2 Å². The van der Waals surface area contributed by atoms with Crippen molar-refractivity contribution in [2.24, 2.45) is 0 Å². The van der Waals surface area contributed by atoms with Gasteiger partial charge in [0.2, 0.25) is 0 Å². The fourth-order valence-corrected chi connectivity index (χ4v) is 3.67. The van der Waals surface area contributed by atoms with E-state index in [1.165, 1.54) is 17.8 Å². The summed E-state index contributed by atoms with van der Waals surface area (Å²) in [6, 6.07) is 9.51. The molecule has 0 N–H and O–H groups in total. The average Bonchev–Trinajstić information content (AvgIpc) is 3.02. The van der Waals surface area contributed by atoms with Crippen molar-refractivity contribution in [1.82, 2.24) is 4.90 Å². The molecule has 1 aromatic carbocycles. The van der Waals surface area contributed by atoms with E-state index in [-0.39, 0.29) is 17.9 Å². The first-order chi connectivity index (χ1) is 11.1. The third-order valence-electron chi connectivity index (χ3n) is 3.50. The SMILES string of the molecule is CCOC(=O)/C=C/[C@@H]1CCCN1C(=O)C(Cl)Sc1ccccc1. The summed E-state index contributed by atoms with van der Waals surface area (Å²) in [7, 11) is 0. The van der Waals surface area contributed by atoms with Gasteiger partial charge in [-0.25, -0.2) is 4.79 Å². The van der Waals surface area contributed by atoms with E-state index in [9.17, 15) is 9.59 Å². The molecule has 0 bridgehead atoms. The van der Waals surface area contributed by atoms with Crippen LogP contribution in [0.4, 0.5) is 0 Å². The third-order valence-corrected chi connectivity index (χ3v) is 4.91. The minimum atomic E-state index is -0.672. The Morgan fingerprint density at radius 2 is 2.17 bits per heavy atom. The van der Waals surface area contributed by atoms with E-state index in [4.69, 9.17) is 16.3 Å². The lowest BCUT2D eigenvalue weighted by Crippen LogP contribution is -2.38. The van der Waals surface area contributed by atoms with Crippen LogP contribution in [0.3, 0.4) is 0 Å². The molecule has 1 fully saturated rings. The van der Waals surface area contributed by atoms with Crippen molar-refractivity contribution in [2.45, 2.75) is 35.4 Å². The number of nitrogens with zero attached hydrogens (tertiary/aromatic N) is 1. The molecule has 1 aliphatic heterocycles. The Bertz CT molecular complexity index is 564. The maximum atomic E-state index is 12.6. The smallest absolute Gasteiger partial charge is 0.330 e. The summed E-state index contributed by atoms with van der Waals surface area (Å²) >= 11 is 7.61. The highest BCUT2D eigenvalue weighted by molar-refractivity contribution is 8.01. The van der Waals surface area contributed by atoms with Gasteiger partial charge in [-0.15, -0.1) is 0 Å². The summed E-state index contributed by atoms with van der Waals surface area (Å²) in [4.78, 5) is 26.7. The molecular weight excluding hydrogens is 334 g/mol. The lowest BCUT2D eigenvalue weighted by atomic mass is 10.2. The Hall–Kier alpha value is -1.46. The van der Waals surface area contributed by atoms with Crippen molar-refractivity contribution in [3.63, 3.8) is 0 Å². The number of thioether (sulfide) groups is 1. The molecule has 2 rings (SSSR count). The van der Waals surface area contributed by atoms with Crippen LogP contribution < -0.4 is 0 Å². The summed E-state index contributed by atoms with van der Waals surface area (Å²) in [5.41, 5.74) is 0. The number of amides is 1. The van der Waals surface area contributed by atoms with Crippen molar-refractivity contribution in [3.8, 4) is 0 Å². The second-order valence-corrected chi connectivity index (χ2v) is 6.97. The van der Waals surface area contributed by atoms with Crippen molar-refractivity contribution >= 4 is 35.2 Å². The highest BCUT2D eigenvalue weighted by atomic mass is 35.5. The molecule has 0 aliphatic carbocycles. The topological polar surface area (TPSA) is 46.6 Å². The second kappa shape index (κ2) is 8.99. The number of carbonyl (C=O) groups excluding carboxylic acids is 2. The largest absolute Gasteiger partial charge is 0.463 e. The van der Waals surface area contributed by atoms with Gasteiger partial charge in [-0.05, 0) is 31.9 Å². The summed E-state index contributed by atoms with van der Waals surface area (Å²) in [6.45, 7) is 2.76. The fourth-order valence-electron chi connectivity index (χ4n) is 2.45. The van der Waals surface area contributed by atoms with E-state index in [1.54, 1.807) is 17.9 Å². The summed E-state index contributed by atoms with van der Waals surface area (Å²) in [5.74, 6) is -0.496. The van der Waals surface area contributed by atoms with E-state index < -0.39 is 4.71 Å². The molecule has 0 radical (unpaired) electrons. The van der Waals surface area contributed by atoms with Gasteiger partial charge in [0.05, 0.1) is 12.6 Å². The van der Waals surface area contributed by atoms with Crippen LogP contribution in [0.25, 0.3) is 0 Å². The predicted molar refractivity (Wildman–Crippen MR) is 92.4 cm³/mol. The summed E-state index contributed by atoms with van der Waals surface area (Å²) < 4.78 is 4.19. The van der Waals surface area contributed by atoms with Crippen molar-refractivity contribution < 1.29 is 14.3 Å². The normalized spacial score (nSPS) is 19.0. The molecule has 1 aromatic rings. The molecule has 0 spiro atoms. The van der Waals surface area contributed by atoms with Crippen LogP contribution in [-0.4, -0.2) is 40.7 Å². The molecule has 1 heterocycles. The van der Waals surface area contributed by atoms with Gasteiger partial charge < -0.3 is 9.64 Å². The van der Waals surface area contributed by atoms with Gasteiger partial charge in [0.25, 0.3) is 5.91 Å². The first kappa shape index (κ1) is 17.9. The van der Waals surface area contributed by atoms with Gasteiger partial charge in [-0.2, -0.15) is 0 Å². The maximum Gasteiger partial charge on any atom is 0.330 e. The number of ether oxygens (including phenoxy) is 1. The molecule has 6 heteroatoms. The number of halogens is 1. The van der Waals surface area contributed by atoms with Gasteiger partial charge in [0.15, 0.2) is 4.71 Å². The van der Waals surface area contributed by atoms with Crippen LogP contribution in [0.5, 0.6) is 0 Å². The lowest BCUT2D eigenvalue weighted by Gasteiger charge is -2.24. The molecule has 0 aromatic heterocycles. The fraction of sp³-hybridized carbons (Fsp3) is 0.412. The van der Waals surface area contributed by atoms with Crippen LogP contribution in [0, 0.1) is 0 Å². The zero-order valence-electron chi connectivity index (χ0n) is 13.0. The molecule has 1 saturated heterocycles. The van der Waals surface area contributed by atoms with Crippen molar-refractivity contribution in [2.75, 3.05) is 13.2 Å². The quantitative estimate of drug-likeness (QED) is 0.340. The molecule has 1 unspecified atom stereocenters. The molecular formula is C17H20ClNO3S. The molecule has 1 aliphatic rings. The molecule has 4 nitrogen and oxygen atoms in total. The van der Waals surface area contributed by atoms with Crippen molar-refractivity contribution in [3.05, 3.63) is 42.5 Å². The number of carbonyl (C=O) groups is 2. The summed E-state index contributed by atoms with van der Waals surface area (Å²) in [6.07, 6.45) is 4.87. The number of hydrogen-bond donors (Lipinski definition) is 0. The van der Waals surface area contributed by atoms with Gasteiger partial charge in [0, 0.05) is 17.5 Å². The first-order valence-electron chi connectivity index (χ1n) is 7.63. The van der Waals surface area contributed by atoms with Gasteiger partial charge in [-0.1, -0.05) is 47.6 Å². The van der Waals surface area contributed by atoms with Crippen LogP contribution >= 0.6 is 23.4 Å². The molecule has 23 heavy (non-hydrogen) atoms. The number of benzene rings is 1. The van der Waals surface area contributed by atoms with Crippen molar-refractivity contribution in [1.29, 1.82) is 0 Å². The minimum Gasteiger partial charge on any atom is -0.463 e. The van der Waals surface area contributed by atoms with Crippen LogP contribution in [0.1, 0.15) is 19.8 Å². The molecule has 2 atom stereocenters. The number of rotatable bonds is 6. The second-order valence-electron chi connectivity index (χ2n) is 5.10. The van der Waals surface area contributed by atoms with Crippen LogP contribution in [0.15, 0.2) is 47.4 Å². The Labute approximate surface area is 145 Å². The lowest BCUT2D eigenvalue weighted by molar-refractivity contribution is -0.137. The van der Waals surface area contributed by atoms with Gasteiger partial charge >= 0.3 is 5.97 Å². The van der Waals surface area contributed by atoms with E-state index >= 15 is 0 Å². The zero-order chi connectivity index (χ0) is 16.7. The molecule has 1 amide bonds. The van der Waals surface area contributed by atoms with Gasteiger partial charge in [0.1, 0.15) is 0 Å². The first-order valence-corrected chi connectivity index (χ1v) is 8.94.